The summed E-state index contributed by atoms with van der Waals surface area (Å²) in [5, 5.41) is 3.70. The molecule has 1 aliphatic carbocycles. The summed E-state index contributed by atoms with van der Waals surface area (Å²) >= 11 is 0. The monoisotopic (exact) mass is 248 g/mol. The average Bonchev–Trinajstić information content (AvgIpc) is 3.15. The molecule has 3 heteroatoms. The molecule has 1 aromatic carbocycles. The highest BCUT2D eigenvalue weighted by atomic mass is 19.1. The van der Waals surface area contributed by atoms with Gasteiger partial charge in [-0.15, -0.1) is 0 Å². The summed E-state index contributed by atoms with van der Waals surface area (Å²) < 4.78 is 13.3. The van der Waals surface area contributed by atoms with Crippen LogP contribution in [0.5, 0.6) is 0 Å². The maximum absolute atomic E-state index is 13.3. The average molecular weight is 248 g/mol. The Morgan fingerprint density at radius 3 is 2.94 bits per heavy atom. The SMILES string of the molecule is CC1(C2CC2)CN(c2cccc(F)c2)CCCN1. The molecule has 1 unspecified atom stereocenters. The van der Waals surface area contributed by atoms with Crippen molar-refractivity contribution >= 4 is 5.69 Å². The standard InChI is InChI=1S/C15H21FN2/c1-15(12-6-7-12)11-18(9-3-8-17-15)14-5-2-4-13(16)10-14/h2,4-5,10,12,17H,3,6-9,11H2,1H3. The van der Waals surface area contributed by atoms with Gasteiger partial charge in [-0.3, -0.25) is 0 Å². The summed E-state index contributed by atoms with van der Waals surface area (Å²) in [6.45, 7) is 5.39. The quantitative estimate of drug-likeness (QED) is 0.865. The smallest absolute Gasteiger partial charge is 0.125 e. The van der Waals surface area contributed by atoms with Crippen molar-refractivity contribution in [2.24, 2.45) is 5.92 Å². The second-order valence-corrected chi connectivity index (χ2v) is 5.87. The first-order chi connectivity index (χ1) is 8.67. The van der Waals surface area contributed by atoms with E-state index in [0.717, 1.165) is 37.7 Å². The number of hydrogen-bond donors (Lipinski definition) is 1. The first kappa shape index (κ1) is 12.0. The highest BCUT2D eigenvalue weighted by Crippen LogP contribution is 2.41. The molecule has 0 amide bonds. The Bertz CT molecular complexity index is 430. The second-order valence-electron chi connectivity index (χ2n) is 5.87. The molecule has 18 heavy (non-hydrogen) atoms. The van der Waals surface area contributed by atoms with Crippen molar-refractivity contribution < 1.29 is 4.39 Å². The zero-order valence-corrected chi connectivity index (χ0v) is 11.0. The van der Waals surface area contributed by atoms with Crippen molar-refractivity contribution in [3.8, 4) is 0 Å². The Morgan fingerprint density at radius 2 is 2.22 bits per heavy atom. The summed E-state index contributed by atoms with van der Waals surface area (Å²) in [5.41, 5.74) is 1.22. The van der Waals surface area contributed by atoms with Gasteiger partial charge in [-0.25, -0.2) is 4.39 Å². The fourth-order valence-corrected chi connectivity index (χ4v) is 3.06. The molecule has 0 aromatic heterocycles. The minimum Gasteiger partial charge on any atom is -0.370 e. The van der Waals surface area contributed by atoms with Gasteiger partial charge in [0, 0.05) is 24.3 Å². The molecular weight excluding hydrogens is 227 g/mol. The molecular formula is C15H21FN2. The van der Waals surface area contributed by atoms with Gasteiger partial charge < -0.3 is 10.2 Å². The third-order valence-electron chi connectivity index (χ3n) is 4.30. The lowest BCUT2D eigenvalue weighted by Gasteiger charge is -2.35. The van der Waals surface area contributed by atoms with Crippen molar-refractivity contribution in [2.45, 2.75) is 31.7 Å². The molecule has 1 atom stereocenters. The van der Waals surface area contributed by atoms with Crippen LogP contribution in [0.25, 0.3) is 0 Å². The third kappa shape index (κ3) is 2.37. The van der Waals surface area contributed by atoms with E-state index in [1.807, 2.05) is 6.07 Å². The zero-order valence-electron chi connectivity index (χ0n) is 11.0. The number of nitrogens with zero attached hydrogens (tertiary/aromatic N) is 1. The molecule has 2 nitrogen and oxygen atoms in total. The van der Waals surface area contributed by atoms with Crippen molar-refractivity contribution in [3.05, 3.63) is 30.1 Å². The molecule has 1 saturated carbocycles. The predicted molar refractivity (Wildman–Crippen MR) is 72.4 cm³/mol. The van der Waals surface area contributed by atoms with Crippen molar-refractivity contribution in [3.63, 3.8) is 0 Å². The first-order valence-corrected chi connectivity index (χ1v) is 6.93. The van der Waals surface area contributed by atoms with Crippen molar-refractivity contribution in [2.75, 3.05) is 24.5 Å². The van der Waals surface area contributed by atoms with Crippen LogP contribution in [0, 0.1) is 11.7 Å². The van der Waals surface area contributed by atoms with Gasteiger partial charge in [0.25, 0.3) is 0 Å². The van der Waals surface area contributed by atoms with Crippen LogP contribution in [0.2, 0.25) is 0 Å². The summed E-state index contributed by atoms with van der Waals surface area (Å²) in [6, 6.07) is 6.98. The van der Waals surface area contributed by atoms with E-state index in [1.165, 1.54) is 18.9 Å². The summed E-state index contributed by atoms with van der Waals surface area (Å²) in [7, 11) is 0. The molecule has 3 rings (SSSR count). The van der Waals surface area contributed by atoms with Crippen LogP contribution in [-0.2, 0) is 0 Å². The summed E-state index contributed by atoms with van der Waals surface area (Å²) in [5.74, 6) is 0.657. The van der Waals surface area contributed by atoms with Gasteiger partial charge in [-0.05, 0) is 56.8 Å². The van der Waals surface area contributed by atoms with E-state index in [1.54, 1.807) is 12.1 Å². The lowest BCUT2D eigenvalue weighted by atomic mass is 9.95. The van der Waals surface area contributed by atoms with E-state index in [4.69, 9.17) is 0 Å². The minimum absolute atomic E-state index is 0.141. The Labute approximate surface area is 108 Å². The van der Waals surface area contributed by atoms with E-state index in [2.05, 4.69) is 17.1 Å². The molecule has 1 heterocycles. The number of halogens is 1. The van der Waals surface area contributed by atoms with Gasteiger partial charge in [0.15, 0.2) is 0 Å². The molecule has 1 aromatic rings. The zero-order chi connectivity index (χ0) is 12.6. The van der Waals surface area contributed by atoms with Gasteiger partial charge in [0.1, 0.15) is 5.82 Å². The van der Waals surface area contributed by atoms with Crippen LogP contribution in [0.15, 0.2) is 24.3 Å². The highest BCUT2D eigenvalue weighted by molar-refractivity contribution is 5.47. The minimum atomic E-state index is -0.141. The van der Waals surface area contributed by atoms with Gasteiger partial charge in [-0.2, -0.15) is 0 Å². The van der Waals surface area contributed by atoms with Crippen LogP contribution < -0.4 is 10.2 Å². The Kier molecular flexibility index (Phi) is 3.02. The van der Waals surface area contributed by atoms with Crippen LogP contribution in [0.3, 0.4) is 0 Å². The lowest BCUT2D eigenvalue weighted by Crippen LogP contribution is -2.51. The van der Waals surface area contributed by atoms with E-state index in [0.29, 0.717) is 0 Å². The van der Waals surface area contributed by atoms with Crippen molar-refractivity contribution in [1.82, 2.24) is 5.32 Å². The van der Waals surface area contributed by atoms with E-state index in [9.17, 15) is 4.39 Å². The molecule has 1 saturated heterocycles. The van der Waals surface area contributed by atoms with Crippen molar-refractivity contribution in [1.29, 1.82) is 0 Å². The molecule has 0 spiro atoms. The highest BCUT2D eigenvalue weighted by Gasteiger charge is 2.43. The normalized spacial score (nSPS) is 29.1. The largest absolute Gasteiger partial charge is 0.370 e. The third-order valence-corrected chi connectivity index (χ3v) is 4.30. The fraction of sp³-hybridized carbons (Fsp3) is 0.600. The maximum atomic E-state index is 13.3. The van der Waals surface area contributed by atoms with Crippen LogP contribution in [-0.4, -0.2) is 25.2 Å². The molecule has 0 bridgehead atoms. The topological polar surface area (TPSA) is 15.3 Å². The van der Waals surface area contributed by atoms with Gasteiger partial charge in [-0.1, -0.05) is 6.07 Å². The van der Waals surface area contributed by atoms with Gasteiger partial charge >= 0.3 is 0 Å². The molecule has 0 radical (unpaired) electrons. The summed E-state index contributed by atoms with van der Waals surface area (Å²) in [6.07, 6.45) is 3.79. The summed E-state index contributed by atoms with van der Waals surface area (Å²) in [4.78, 5) is 2.33. The molecule has 1 N–H and O–H groups in total. The fourth-order valence-electron chi connectivity index (χ4n) is 3.06. The van der Waals surface area contributed by atoms with Crippen LogP contribution >= 0.6 is 0 Å². The molecule has 1 aliphatic heterocycles. The van der Waals surface area contributed by atoms with Gasteiger partial charge in [0.05, 0.1) is 0 Å². The lowest BCUT2D eigenvalue weighted by molar-refractivity contribution is 0.331. The van der Waals surface area contributed by atoms with E-state index in [-0.39, 0.29) is 11.4 Å². The number of anilines is 1. The first-order valence-electron chi connectivity index (χ1n) is 6.93. The Balaban J connectivity index is 1.82. The Morgan fingerprint density at radius 1 is 1.39 bits per heavy atom. The van der Waals surface area contributed by atoms with E-state index < -0.39 is 0 Å². The van der Waals surface area contributed by atoms with Gasteiger partial charge in [0.2, 0.25) is 0 Å². The number of nitrogens with one attached hydrogen (secondary N) is 1. The number of benzene rings is 1. The molecule has 2 aliphatic rings. The number of hydrogen-bond acceptors (Lipinski definition) is 2. The molecule has 98 valence electrons. The Hall–Kier alpha value is -1.09. The van der Waals surface area contributed by atoms with Crippen LogP contribution in [0.1, 0.15) is 26.2 Å². The maximum Gasteiger partial charge on any atom is 0.125 e. The molecule has 2 fully saturated rings. The van der Waals surface area contributed by atoms with E-state index >= 15 is 0 Å². The van der Waals surface area contributed by atoms with Crippen LogP contribution in [0.4, 0.5) is 10.1 Å². The predicted octanol–water partition coefficient (Wildman–Crippen LogP) is 2.79. The second kappa shape index (κ2) is 4.54. The number of rotatable bonds is 2.